The third-order valence-corrected chi connectivity index (χ3v) is 1.38. The first-order valence-corrected chi connectivity index (χ1v) is 3.75. The molecule has 2 nitrogen and oxygen atoms in total. The lowest BCUT2D eigenvalue weighted by molar-refractivity contribution is -0.117. The van der Waals surface area contributed by atoms with Crippen molar-refractivity contribution in [2.45, 2.75) is 54.9 Å². The fourth-order valence-corrected chi connectivity index (χ4v) is 0.797. The number of unbranched alkanes of at least 4 members (excludes halogenated alkanes) is 2. The predicted octanol–water partition coefficient (Wildman–Crippen LogP) is 3.69. The first-order chi connectivity index (χ1) is 4.77. The summed E-state index contributed by atoms with van der Waals surface area (Å²) in [6.45, 7) is 2.45. The third kappa shape index (κ3) is 24.5. The Bertz CT molecular complexity index is 90.1. The van der Waals surface area contributed by atoms with E-state index in [1.54, 1.807) is 14.0 Å². The lowest BCUT2D eigenvalue weighted by atomic mass is 10.1. The number of methoxy groups -OCH3 is 1. The van der Waals surface area contributed by atoms with Crippen LogP contribution in [0.4, 0.5) is 0 Å². The van der Waals surface area contributed by atoms with E-state index in [2.05, 4.69) is 0 Å². The van der Waals surface area contributed by atoms with E-state index in [0.29, 0.717) is 0 Å². The molecule has 0 aliphatic carbocycles. The summed E-state index contributed by atoms with van der Waals surface area (Å²) in [5.41, 5.74) is 0. The van der Waals surface area contributed by atoms with Crippen molar-refractivity contribution in [3.8, 4) is 0 Å². The summed E-state index contributed by atoms with van der Waals surface area (Å²) in [6.07, 6.45) is 3.92. The van der Waals surface area contributed by atoms with Gasteiger partial charge in [-0.2, -0.15) is 0 Å². The molecule has 0 aromatic heterocycles. The summed E-state index contributed by atoms with van der Waals surface area (Å²) in [6, 6.07) is 0. The van der Waals surface area contributed by atoms with Crippen LogP contribution in [0.25, 0.3) is 0 Å². The maximum absolute atomic E-state index is 10.4. The summed E-state index contributed by atoms with van der Waals surface area (Å²) in [5.74, 6) is 0.289. The van der Waals surface area contributed by atoms with E-state index >= 15 is 0 Å². The highest BCUT2D eigenvalue weighted by Gasteiger charge is 1.92. The van der Waals surface area contributed by atoms with E-state index in [-0.39, 0.29) is 28.1 Å². The van der Waals surface area contributed by atoms with Crippen molar-refractivity contribution in [1.82, 2.24) is 0 Å². The van der Waals surface area contributed by atoms with Gasteiger partial charge in [0.05, 0.1) is 0 Å². The molecule has 0 aromatic rings. The SMILES string of the molecule is C.C.C.COCCCCCC(C)=O. The van der Waals surface area contributed by atoms with E-state index in [4.69, 9.17) is 4.74 Å². The zero-order chi connectivity index (χ0) is 7.82. The minimum Gasteiger partial charge on any atom is -0.385 e. The molecule has 0 unspecified atom stereocenters. The second kappa shape index (κ2) is 17.6. The lowest BCUT2D eigenvalue weighted by Crippen LogP contribution is -1.92. The molecule has 0 fully saturated rings. The Labute approximate surface area is 84.7 Å². The number of hydrogen-bond donors (Lipinski definition) is 0. The molecule has 0 saturated heterocycles. The Kier molecular flexibility index (Phi) is 31.1. The van der Waals surface area contributed by atoms with Gasteiger partial charge < -0.3 is 9.53 Å². The smallest absolute Gasteiger partial charge is 0.129 e. The molecule has 0 N–H and O–H groups in total. The van der Waals surface area contributed by atoms with Gasteiger partial charge in [-0.15, -0.1) is 0 Å². The summed E-state index contributed by atoms with van der Waals surface area (Å²) in [7, 11) is 1.70. The average Bonchev–Trinajstić information content (AvgIpc) is 1.87. The first-order valence-electron chi connectivity index (χ1n) is 3.75. The third-order valence-electron chi connectivity index (χ3n) is 1.38. The quantitative estimate of drug-likeness (QED) is 0.600. The van der Waals surface area contributed by atoms with Crippen molar-refractivity contribution in [3.63, 3.8) is 0 Å². The highest BCUT2D eigenvalue weighted by Crippen LogP contribution is 1.99. The number of hydrogen-bond acceptors (Lipinski definition) is 2. The fourth-order valence-electron chi connectivity index (χ4n) is 0.797. The highest BCUT2D eigenvalue weighted by atomic mass is 16.5. The molecule has 0 aliphatic heterocycles. The fraction of sp³-hybridized carbons (Fsp3) is 0.909. The van der Waals surface area contributed by atoms with E-state index in [1.807, 2.05) is 0 Å². The molecule has 0 saturated carbocycles. The van der Waals surface area contributed by atoms with Crippen LogP contribution in [0.3, 0.4) is 0 Å². The molecule has 84 valence electrons. The van der Waals surface area contributed by atoms with E-state index in [0.717, 1.165) is 32.3 Å². The molecular weight excluding hydrogens is 164 g/mol. The zero-order valence-corrected chi connectivity index (χ0v) is 6.85. The van der Waals surface area contributed by atoms with Gasteiger partial charge in [0, 0.05) is 20.1 Å². The van der Waals surface area contributed by atoms with Crippen molar-refractivity contribution >= 4 is 5.78 Å². The number of rotatable bonds is 6. The monoisotopic (exact) mass is 192 g/mol. The number of ether oxygens (including phenoxy) is 1. The van der Waals surface area contributed by atoms with Gasteiger partial charge in [-0.25, -0.2) is 0 Å². The van der Waals surface area contributed by atoms with Crippen LogP contribution in [0.2, 0.25) is 0 Å². The van der Waals surface area contributed by atoms with E-state index in [1.165, 1.54) is 0 Å². The van der Waals surface area contributed by atoms with Crippen molar-refractivity contribution < 1.29 is 9.53 Å². The molecule has 0 atom stereocenters. The van der Waals surface area contributed by atoms with Crippen molar-refractivity contribution in [3.05, 3.63) is 0 Å². The van der Waals surface area contributed by atoms with Crippen LogP contribution < -0.4 is 0 Å². The second-order valence-electron chi connectivity index (χ2n) is 2.51. The van der Waals surface area contributed by atoms with Gasteiger partial charge in [-0.05, 0) is 19.8 Å². The molecule has 0 radical (unpaired) electrons. The Morgan fingerprint density at radius 1 is 1.08 bits per heavy atom. The van der Waals surface area contributed by atoms with Crippen LogP contribution in [0.15, 0.2) is 0 Å². The minimum atomic E-state index is 0. The van der Waals surface area contributed by atoms with Gasteiger partial charge in [0.1, 0.15) is 5.78 Å². The molecule has 0 amide bonds. The average molecular weight is 192 g/mol. The molecule has 0 heterocycles. The maximum Gasteiger partial charge on any atom is 0.129 e. The number of ketones is 1. The van der Waals surface area contributed by atoms with Crippen LogP contribution in [0, 0.1) is 0 Å². The van der Waals surface area contributed by atoms with Gasteiger partial charge in [0.15, 0.2) is 0 Å². The van der Waals surface area contributed by atoms with Crippen LogP contribution in [0.5, 0.6) is 0 Å². The summed E-state index contributed by atoms with van der Waals surface area (Å²) in [5, 5.41) is 0. The van der Waals surface area contributed by atoms with E-state index < -0.39 is 0 Å². The van der Waals surface area contributed by atoms with Crippen LogP contribution in [0.1, 0.15) is 54.9 Å². The number of Topliss-reactive ketones (excluding diaryl/α,β-unsaturated/α-hetero) is 1. The molecule has 0 rings (SSSR count). The van der Waals surface area contributed by atoms with Crippen molar-refractivity contribution in [2.75, 3.05) is 13.7 Å². The molecule has 0 aliphatic rings. The number of carbonyl (C=O) groups excluding carboxylic acids is 1. The van der Waals surface area contributed by atoms with Gasteiger partial charge in [-0.1, -0.05) is 28.7 Å². The first kappa shape index (κ1) is 22.9. The minimum absolute atomic E-state index is 0. The lowest BCUT2D eigenvalue weighted by Gasteiger charge is -1.96. The molecule has 0 bridgehead atoms. The van der Waals surface area contributed by atoms with Crippen LogP contribution >= 0.6 is 0 Å². The molecule has 2 heteroatoms. The topological polar surface area (TPSA) is 26.3 Å². The Morgan fingerprint density at radius 3 is 2.00 bits per heavy atom. The Morgan fingerprint density at radius 2 is 1.62 bits per heavy atom. The van der Waals surface area contributed by atoms with Gasteiger partial charge in [-0.3, -0.25) is 0 Å². The van der Waals surface area contributed by atoms with E-state index in [9.17, 15) is 4.79 Å². The van der Waals surface area contributed by atoms with Gasteiger partial charge in [0.25, 0.3) is 0 Å². The molecule has 0 aromatic carbocycles. The number of carbonyl (C=O) groups is 1. The molecule has 0 spiro atoms. The van der Waals surface area contributed by atoms with Gasteiger partial charge >= 0.3 is 0 Å². The Balaban J connectivity index is -0.000000135. The summed E-state index contributed by atoms with van der Waals surface area (Å²) >= 11 is 0. The van der Waals surface area contributed by atoms with Crippen molar-refractivity contribution in [1.29, 1.82) is 0 Å². The van der Waals surface area contributed by atoms with Gasteiger partial charge in [0.2, 0.25) is 0 Å². The normalized spacial score (nSPS) is 7.54. The van der Waals surface area contributed by atoms with Crippen LogP contribution in [-0.2, 0) is 9.53 Å². The van der Waals surface area contributed by atoms with Crippen LogP contribution in [-0.4, -0.2) is 19.5 Å². The van der Waals surface area contributed by atoms with Crippen molar-refractivity contribution in [2.24, 2.45) is 0 Å². The summed E-state index contributed by atoms with van der Waals surface area (Å²) in [4.78, 5) is 10.4. The molecular formula is C11H28O2. The second-order valence-corrected chi connectivity index (χ2v) is 2.51. The zero-order valence-electron chi connectivity index (χ0n) is 6.85. The Hall–Kier alpha value is -0.370. The molecule has 13 heavy (non-hydrogen) atoms. The largest absolute Gasteiger partial charge is 0.385 e. The summed E-state index contributed by atoms with van der Waals surface area (Å²) < 4.78 is 4.86. The predicted molar refractivity (Wildman–Crippen MR) is 61.2 cm³/mol. The standard InChI is InChI=1S/C8H16O2.3CH4/c1-8(9)6-4-3-5-7-10-2;;;/h3-7H2,1-2H3;3*1H4. The highest BCUT2D eigenvalue weighted by molar-refractivity contribution is 5.75. The maximum atomic E-state index is 10.4.